The zero-order valence-corrected chi connectivity index (χ0v) is 43.3. The Morgan fingerprint density at radius 3 is 2.25 bits per heavy atom. The molecule has 6 atom stereocenters. The van der Waals surface area contributed by atoms with Gasteiger partial charge < -0.3 is 39.3 Å². The molecule has 0 saturated heterocycles. The third-order valence-electron chi connectivity index (χ3n) is 14.5. The predicted molar refractivity (Wildman–Crippen MR) is 282 cm³/mol. The van der Waals surface area contributed by atoms with Gasteiger partial charge in [-0.3, -0.25) is 15.0 Å². The molecule has 1 aliphatic heterocycles. The summed E-state index contributed by atoms with van der Waals surface area (Å²) in [6, 6.07) is 20.4. The topological polar surface area (TPSA) is 192 Å². The molecule has 0 radical (unpaired) electrons. The van der Waals surface area contributed by atoms with Gasteiger partial charge in [0.1, 0.15) is 24.1 Å². The van der Waals surface area contributed by atoms with Gasteiger partial charge in [-0.25, -0.2) is 9.59 Å². The number of benzene rings is 3. The van der Waals surface area contributed by atoms with Crippen molar-refractivity contribution in [3.63, 3.8) is 0 Å². The number of nitrogens with one attached hydrogen (secondary N) is 1. The van der Waals surface area contributed by atoms with E-state index >= 15 is 0 Å². The number of non-ortho nitro benzene ring substituents is 1. The minimum Gasteiger partial charge on any atom is -0.459 e. The number of amides is 2. The maximum atomic E-state index is 14.7. The van der Waals surface area contributed by atoms with Gasteiger partial charge in [0.15, 0.2) is 0 Å². The number of ether oxygens (including phenoxy) is 4. The second-order valence-electron chi connectivity index (χ2n) is 19.7. The standard InChI is InChI=1S/C58H80N4O11/c1-4-7-8-9-10-11-12-13-14-22-37-69-57(66)61(33-5-2)53-40-51(60-71-42-44-27-29-46(30-28-44)62(67)68)49-38-45(25-18-20-34-63)48(26-19-21-35-64)54-50-39-47(72-56(65)59-41-43-23-16-15-17-24-43)31-32-52(50)73-58(53,55(49)54)70-36-6-3/h6,15-17,23-24,27-32,38-39,45,48,53-55,63-64H,3-5,7-14,18-22,25-26,33-37,40-42H2,1-2H3,(H,59,65)/t45-,48+,53-,54+,55+,58+/m0/s1. The Labute approximate surface area is 432 Å². The third kappa shape index (κ3) is 15.6. The normalized spacial score (nSPS) is 21.2. The number of aliphatic hydroxyl groups is 2. The molecule has 6 rings (SSSR count). The number of allylic oxidation sites excluding steroid dienone is 1. The number of nitro benzene ring substituents is 1. The van der Waals surface area contributed by atoms with E-state index in [-0.39, 0.29) is 69.4 Å². The molecule has 3 aliphatic rings. The lowest BCUT2D eigenvalue weighted by atomic mass is 9.55. The van der Waals surface area contributed by atoms with Gasteiger partial charge in [-0.15, -0.1) is 6.58 Å². The number of unbranched alkanes of at least 4 members (excludes halogenated alkanes) is 11. The van der Waals surface area contributed by atoms with E-state index in [0.29, 0.717) is 48.6 Å². The highest BCUT2D eigenvalue weighted by Crippen LogP contribution is 2.62. The van der Waals surface area contributed by atoms with Gasteiger partial charge >= 0.3 is 12.2 Å². The van der Waals surface area contributed by atoms with Crippen molar-refractivity contribution < 1.29 is 48.5 Å². The molecule has 3 aromatic carbocycles. The Balaban J connectivity index is 1.41. The fraction of sp³-hybridized carbons (Fsp3) is 0.569. The van der Waals surface area contributed by atoms with Crippen LogP contribution in [0, 0.1) is 27.9 Å². The fourth-order valence-corrected chi connectivity index (χ4v) is 11.0. The van der Waals surface area contributed by atoms with Crippen LogP contribution in [0.25, 0.3) is 0 Å². The van der Waals surface area contributed by atoms with Crippen molar-refractivity contribution in [1.29, 1.82) is 0 Å². The highest BCUT2D eigenvalue weighted by atomic mass is 16.7. The molecule has 0 unspecified atom stereocenters. The van der Waals surface area contributed by atoms with E-state index in [1.54, 1.807) is 29.2 Å². The van der Waals surface area contributed by atoms with Crippen LogP contribution in [0.3, 0.4) is 0 Å². The predicted octanol–water partition coefficient (Wildman–Crippen LogP) is 12.5. The summed E-state index contributed by atoms with van der Waals surface area (Å²) in [5.41, 5.74) is 3.83. The number of hydrogen-bond acceptors (Lipinski definition) is 12. The Morgan fingerprint density at radius 2 is 1.58 bits per heavy atom. The number of rotatable bonds is 32. The van der Waals surface area contributed by atoms with Crippen molar-refractivity contribution in [1.82, 2.24) is 10.2 Å². The number of hydrogen-bond donors (Lipinski definition) is 3. The van der Waals surface area contributed by atoms with Crippen molar-refractivity contribution in [2.24, 2.45) is 22.9 Å². The molecule has 15 nitrogen and oxygen atoms in total. The number of carbonyl (C=O) groups excluding carboxylic acids is 2. The maximum absolute atomic E-state index is 14.7. The molecule has 3 N–H and O–H groups in total. The minimum absolute atomic E-state index is 0.0291. The summed E-state index contributed by atoms with van der Waals surface area (Å²) < 4.78 is 26.6. The van der Waals surface area contributed by atoms with Gasteiger partial charge in [0.25, 0.3) is 5.69 Å². The number of aliphatic hydroxyl groups excluding tert-OH is 2. The Morgan fingerprint density at radius 1 is 0.877 bits per heavy atom. The van der Waals surface area contributed by atoms with Gasteiger partial charge in [-0.1, -0.05) is 132 Å². The summed E-state index contributed by atoms with van der Waals surface area (Å²) in [7, 11) is 0. The molecular formula is C58H80N4O11. The highest BCUT2D eigenvalue weighted by Gasteiger charge is 2.65. The Hall–Kier alpha value is -5.77. The number of oxime groups is 1. The van der Waals surface area contributed by atoms with Crippen LogP contribution in [0.15, 0.2) is 102 Å². The van der Waals surface area contributed by atoms with Crippen molar-refractivity contribution in [3.05, 3.63) is 124 Å². The molecule has 0 aromatic heterocycles. The van der Waals surface area contributed by atoms with Crippen LogP contribution in [0.2, 0.25) is 0 Å². The first-order valence-corrected chi connectivity index (χ1v) is 27.0. The zero-order chi connectivity index (χ0) is 51.8. The monoisotopic (exact) mass is 1010 g/mol. The van der Waals surface area contributed by atoms with Crippen molar-refractivity contribution in [2.75, 3.05) is 33.0 Å². The van der Waals surface area contributed by atoms with Gasteiger partial charge in [0.05, 0.1) is 29.8 Å². The molecular weight excluding hydrogens is 929 g/mol. The molecule has 2 aliphatic carbocycles. The lowest BCUT2D eigenvalue weighted by Crippen LogP contribution is -2.70. The van der Waals surface area contributed by atoms with Gasteiger partial charge in [0, 0.05) is 56.3 Å². The Bertz CT molecular complexity index is 2260. The first-order valence-electron chi connectivity index (χ1n) is 27.0. The van der Waals surface area contributed by atoms with E-state index in [2.05, 4.69) is 24.9 Å². The van der Waals surface area contributed by atoms with Gasteiger partial charge in [-0.05, 0) is 97.4 Å². The van der Waals surface area contributed by atoms with Crippen LogP contribution < -0.4 is 14.8 Å². The molecule has 1 heterocycles. The van der Waals surface area contributed by atoms with E-state index in [4.69, 9.17) is 28.9 Å². The molecule has 15 heteroatoms. The first kappa shape index (κ1) is 56.5. The summed E-state index contributed by atoms with van der Waals surface area (Å²) in [5.74, 6) is -1.68. The lowest BCUT2D eigenvalue weighted by Gasteiger charge is -2.59. The number of nitro groups is 1. The van der Waals surface area contributed by atoms with Gasteiger partial charge in [-0.2, -0.15) is 0 Å². The summed E-state index contributed by atoms with van der Waals surface area (Å²) in [4.78, 5) is 47.0. The smallest absolute Gasteiger partial charge is 0.412 e. The molecule has 1 saturated carbocycles. The molecule has 3 aromatic rings. The largest absolute Gasteiger partial charge is 0.459 e. The average molecular weight is 1010 g/mol. The van der Waals surface area contributed by atoms with Crippen LogP contribution >= 0.6 is 0 Å². The van der Waals surface area contributed by atoms with Gasteiger partial charge in [0.2, 0.25) is 5.79 Å². The van der Waals surface area contributed by atoms with Crippen molar-refractivity contribution >= 4 is 23.6 Å². The summed E-state index contributed by atoms with van der Waals surface area (Å²) in [5, 5.41) is 39.2. The SMILES string of the molecule is C=CCO[C@@]12Oc3ccc(OC(=O)NCc4ccccc4)cc3[C@H]3[C@H](CCCCO)[C@@H](CCCCO)C=C(C(=NOCc4ccc([N+](=O)[O-])cc4)C[C@@H]1N(CCC)C(=O)OCCCCCCCCCCCC)[C@H]32. The minimum atomic E-state index is -1.50. The van der Waals surface area contributed by atoms with Crippen LogP contribution in [0.1, 0.15) is 152 Å². The second kappa shape index (κ2) is 29.8. The van der Waals surface area contributed by atoms with Crippen molar-refractivity contribution in [3.8, 4) is 11.5 Å². The number of fused-ring (bicyclic) bond motifs is 2. The molecule has 0 spiro atoms. The van der Waals surface area contributed by atoms with Crippen molar-refractivity contribution in [2.45, 2.75) is 160 Å². The second-order valence-corrected chi connectivity index (χ2v) is 19.7. The van der Waals surface area contributed by atoms with Crippen LogP contribution in [0.5, 0.6) is 11.5 Å². The average Bonchev–Trinajstić information content (AvgIpc) is 3.40. The number of nitrogens with zero attached hydrogens (tertiary/aromatic N) is 3. The van der Waals surface area contributed by atoms with E-state index < -0.39 is 34.9 Å². The quantitative estimate of drug-likeness (QED) is 0.0233. The highest BCUT2D eigenvalue weighted by molar-refractivity contribution is 6.03. The van der Waals surface area contributed by atoms with E-state index in [9.17, 15) is 29.9 Å². The van der Waals surface area contributed by atoms with Crippen LogP contribution in [-0.2, 0) is 27.5 Å². The van der Waals surface area contributed by atoms with E-state index in [1.165, 1.54) is 50.7 Å². The summed E-state index contributed by atoms with van der Waals surface area (Å²) in [6.07, 6.45) is 19.4. The number of carbonyl (C=O) groups is 2. The maximum Gasteiger partial charge on any atom is 0.412 e. The molecule has 398 valence electrons. The molecule has 1 fully saturated rings. The summed E-state index contributed by atoms with van der Waals surface area (Å²) in [6.45, 7) is 9.39. The van der Waals surface area contributed by atoms with Crippen LogP contribution in [-0.4, -0.2) is 82.7 Å². The summed E-state index contributed by atoms with van der Waals surface area (Å²) >= 11 is 0. The van der Waals surface area contributed by atoms with E-state index in [0.717, 1.165) is 68.1 Å². The molecule has 0 bridgehead atoms. The third-order valence-corrected chi connectivity index (χ3v) is 14.5. The Kier molecular flexibility index (Phi) is 23.1. The van der Waals surface area contributed by atoms with Crippen LogP contribution in [0.4, 0.5) is 15.3 Å². The molecule has 2 amide bonds. The van der Waals surface area contributed by atoms with E-state index in [1.807, 2.05) is 49.4 Å². The zero-order valence-electron chi connectivity index (χ0n) is 43.3. The molecule has 73 heavy (non-hydrogen) atoms. The fourth-order valence-electron chi connectivity index (χ4n) is 11.0. The first-order chi connectivity index (χ1) is 35.7. The lowest BCUT2D eigenvalue weighted by molar-refractivity contribution is -0.384.